The summed E-state index contributed by atoms with van der Waals surface area (Å²) in [5.41, 5.74) is 0. The van der Waals surface area contributed by atoms with Crippen molar-refractivity contribution in [1.82, 2.24) is 0 Å². The number of hydrogen-bond donors (Lipinski definition) is 0. The van der Waals surface area contributed by atoms with Gasteiger partial charge in [0.15, 0.2) is 0 Å². The van der Waals surface area contributed by atoms with Crippen molar-refractivity contribution in [2.75, 3.05) is 0 Å². The first-order valence-corrected chi connectivity index (χ1v) is 4.47. The summed E-state index contributed by atoms with van der Waals surface area (Å²) in [4.78, 5) is 0. The van der Waals surface area contributed by atoms with E-state index in [1.54, 1.807) is 0 Å². The van der Waals surface area contributed by atoms with Crippen LogP contribution in [-0.4, -0.2) is 0 Å². The molecule has 0 bridgehead atoms. The smallest absolute Gasteiger partial charge is 0.0142 e. The Kier molecular flexibility index (Phi) is 1.36. The molecule has 4 atom stereocenters. The van der Waals surface area contributed by atoms with Crippen molar-refractivity contribution in [3.63, 3.8) is 0 Å². The maximum Gasteiger partial charge on any atom is -0.0142 e. The standard InChI is InChI=1S/C10H16/c1-7-3-4-9-5-6-10(9)8(7)2/h5-10H,3-4H2,1-2H3. The van der Waals surface area contributed by atoms with Gasteiger partial charge in [-0.3, -0.25) is 0 Å². The number of hydrogen-bond acceptors (Lipinski definition) is 0. The van der Waals surface area contributed by atoms with Gasteiger partial charge in [-0.2, -0.15) is 0 Å². The fourth-order valence-corrected chi connectivity index (χ4v) is 2.35. The third-order valence-corrected chi connectivity index (χ3v) is 3.53. The molecule has 2 aliphatic rings. The zero-order chi connectivity index (χ0) is 7.14. The van der Waals surface area contributed by atoms with Crippen LogP contribution in [0.25, 0.3) is 0 Å². The monoisotopic (exact) mass is 136 g/mol. The Morgan fingerprint density at radius 1 is 1.10 bits per heavy atom. The van der Waals surface area contributed by atoms with Crippen molar-refractivity contribution in [2.45, 2.75) is 26.7 Å². The molecule has 1 saturated carbocycles. The second-order valence-electron chi connectivity index (χ2n) is 4.04. The van der Waals surface area contributed by atoms with Gasteiger partial charge in [0.1, 0.15) is 0 Å². The van der Waals surface area contributed by atoms with E-state index >= 15 is 0 Å². The highest BCUT2D eigenvalue weighted by molar-refractivity contribution is 5.12. The molecule has 0 spiro atoms. The van der Waals surface area contributed by atoms with E-state index in [-0.39, 0.29) is 0 Å². The molecule has 0 aliphatic heterocycles. The molecule has 0 aromatic rings. The van der Waals surface area contributed by atoms with Gasteiger partial charge in [0, 0.05) is 0 Å². The minimum Gasteiger partial charge on any atom is -0.0845 e. The molecule has 0 saturated heterocycles. The molecular weight excluding hydrogens is 120 g/mol. The van der Waals surface area contributed by atoms with Gasteiger partial charge in [-0.05, 0) is 36.5 Å². The van der Waals surface area contributed by atoms with Crippen LogP contribution >= 0.6 is 0 Å². The molecule has 4 unspecified atom stereocenters. The van der Waals surface area contributed by atoms with Crippen LogP contribution in [-0.2, 0) is 0 Å². The van der Waals surface area contributed by atoms with Gasteiger partial charge in [-0.25, -0.2) is 0 Å². The Morgan fingerprint density at radius 2 is 1.90 bits per heavy atom. The Hall–Kier alpha value is -0.260. The molecule has 2 rings (SSSR count). The summed E-state index contributed by atoms with van der Waals surface area (Å²) in [6.07, 6.45) is 7.71. The SMILES string of the molecule is CC1CCC2C=CC2C1C. The first-order chi connectivity index (χ1) is 4.79. The Labute approximate surface area is 63.3 Å². The largest absolute Gasteiger partial charge is 0.0845 e. The molecule has 0 aromatic carbocycles. The van der Waals surface area contributed by atoms with Gasteiger partial charge in [0.25, 0.3) is 0 Å². The number of rotatable bonds is 0. The molecule has 1 fully saturated rings. The van der Waals surface area contributed by atoms with Crippen LogP contribution in [0.5, 0.6) is 0 Å². The topological polar surface area (TPSA) is 0 Å². The Morgan fingerprint density at radius 3 is 2.40 bits per heavy atom. The average molecular weight is 136 g/mol. The molecule has 56 valence electrons. The van der Waals surface area contributed by atoms with Gasteiger partial charge >= 0.3 is 0 Å². The minimum atomic E-state index is 0.948. The summed E-state index contributed by atoms with van der Waals surface area (Å²) >= 11 is 0. The van der Waals surface area contributed by atoms with Gasteiger partial charge < -0.3 is 0 Å². The summed E-state index contributed by atoms with van der Waals surface area (Å²) in [5, 5.41) is 0. The van der Waals surface area contributed by atoms with Crippen molar-refractivity contribution < 1.29 is 0 Å². The summed E-state index contributed by atoms with van der Waals surface area (Å²) in [6.45, 7) is 4.80. The molecule has 0 radical (unpaired) electrons. The lowest BCUT2D eigenvalue weighted by molar-refractivity contribution is 0.154. The molecule has 0 heteroatoms. The quantitative estimate of drug-likeness (QED) is 0.449. The molecule has 0 N–H and O–H groups in total. The van der Waals surface area contributed by atoms with Crippen LogP contribution < -0.4 is 0 Å². The highest BCUT2D eigenvalue weighted by atomic mass is 14.4. The first-order valence-electron chi connectivity index (χ1n) is 4.47. The molecular formula is C10H16. The van der Waals surface area contributed by atoms with E-state index in [2.05, 4.69) is 26.0 Å². The lowest BCUT2D eigenvalue weighted by Crippen LogP contribution is -2.34. The zero-order valence-electron chi connectivity index (χ0n) is 6.88. The normalized spacial score (nSPS) is 51.8. The zero-order valence-corrected chi connectivity index (χ0v) is 6.88. The van der Waals surface area contributed by atoms with Crippen molar-refractivity contribution in [3.05, 3.63) is 12.2 Å². The first kappa shape index (κ1) is 6.45. The Bertz CT molecular complexity index is 157. The molecule has 0 nitrogen and oxygen atoms in total. The van der Waals surface area contributed by atoms with Crippen LogP contribution in [0.4, 0.5) is 0 Å². The Balaban J connectivity index is 2.09. The van der Waals surface area contributed by atoms with Crippen molar-refractivity contribution in [1.29, 1.82) is 0 Å². The van der Waals surface area contributed by atoms with Crippen LogP contribution in [0.1, 0.15) is 26.7 Å². The predicted molar refractivity (Wildman–Crippen MR) is 43.7 cm³/mol. The lowest BCUT2D eigenvalue weighted by Gasteiger charge is -2.42. The highest BCUT2D eigenvalue weighted by Crippen LogP contribution is 2.44. The lowest BCUT2D eigenvalue weighted by atomic mass is 9.63. The van der Waals surface area contributed by atoms with Crippen molar-refractivity contribution in [3.8, 4) is 0 Å². The molecule has 0 amide bonds. The molecule has 0 heterocycles. The number of allylic oxidation sites excluding steroid dienone is 2. The second-order valence-corrected chi connectivity index (χ2v) is 4.04. The molecule has 0 aromatic heterocycles. The van der Waals surface area contributed by atoms with Crippen molar-refractivity contribution >= 4 is 0 Å². The number of fused-ring (bicyclic) bond motifs is 1. The third-order valence-electron chi connectivity index (χ3n) is 3.53. The second kappa shape index (κ2) is 2.11. The fraction of sp³-hybridized carbons (Fsp3) is 0.800. The minimum absolute atomic E-state index is 0.948. The van der Waals surface area contributed by atoms with Crippen LogP contribution in [0, 0.1) is 23.7 Å². The average Bonchev–Trinajstić information content (AvgIpc) is 1.82. The predicted octanol–water partition coefficient (Wildman–Crippen LogP) is 2.85. The summed E-state index contributed by atoms with van der Waals surface area (Å²) < 4.78 is 0. The van der Waals surface area contributed by atoms with E-state index in [1.807, 2.05) is 0 Å². The summed E-state index contributed by atoms with van der Waals surface area (Å²) in [6, 6.07) is 0. The van der Waals surface area contributed by atoms with E-state index in [9.17, 15) is 0 Å². The van der Waals surface area contributed by atoms with Gasteiger partial charge in [0.05, 0.1) is 0 Å². The maximum absolute atomic E-state index is 2.41. The molecule has 2 aliphatic carbocycles. The molecule has 10 heavy (non-hydrogen) atoms. The summed E-state index contributed by atoms with van der Waals surface area (Å²) in [7, 11) is 0. The van der Waals surface area contributed by atoms with E-state index in [0.717, 1.165) is 23.7 Å². The highest BCUT2D eigenvalue weighted by Gasteiger charge is 2.35. The maximum atomic E-state index is 2.41. The fourth-order valence-electron chi connectivity index (χ4n) is 2.35. The van der Waals surface area contributed by atoms with Crippen LogP contribution in [0.3, 0.4) is 0 Å². The van der Waals surface area contributed by atoms with E-state index in [0.29, 0.717) is 0 Å². The van der Waals surface area contributed by atoms with Gasteiger partial charge in [-0.1, -0.05) is 26.0 Å². The van der Waals surface area contributed by atoms with Gasteiger partial charge in [0.2, 0.25) is 0 Å². The summed E-state index contributed by atoms with van der Waals surface area (Å²) in [5.74, 6) is 3.82. The third kappa shape index (κ3) is 0.744. The van der Waals surface area contributed by atoms with E-state index < -0.39 is 0 Å². The van der Waals surface area contributed by atoms with Gasteiger partial charge in [-0.15, -0.1) is 0 Å². The van der Waals surface area contributed by atoms with Crippen LogP contribution in [0.15, 0.2) is 12.2 Å². The van der Waals surface area contributed by atoms with Crippen LogP contribution in [0.2, 0.25) is 0 Å². The van der Waals surface area contributed by atoms with Crippen molar-refractivity contribution in [2.24, 2.45) is 23.7 Å². The van der Waals surface area contributed by atoms with E-state index in [1.165, 1.54) is 12.8 Å². The van der Waals surface area contributed by atoms with E-state index in [4.69, 9.17) is 0 Å².